The van der Waals surface area contributed by atoms with Crippen LogP contribution in [-0.4, -0.2) is 35.1 Å². The van der Waals surface area contributed by atoms with Crippen molar-refractivity contribution in [3.63, 3.8) is 0 Å². The number of nitrogens with zero attached hydrogens (tertiary/aromatic N) is 3. The number of amides is 2. The number of carbonyl (C=O) groups is 2. The Morgan fingerprint density at radius 2 is 1.93 bits per heavy atom. The Hall–Kier alpha value is -2.65. The van der Waals surface area contributed by atoms with Crippen molar-refractivity contribution in [2.45, 2.75) is 18.6 Å². The van der Waals surface area contributed by atoms with Gasteiger partial charge >= 0.3 is 0 Å². The second-order valence-electron chi connectivity index (χ2n) is 6.04. The van der Waals surface area contributed by atoms with Crippen molar-refractivity contribution in [2.24, 2.45) is 15.9 Å². The Kier molecular flexibility index (Phi) is 7.05. The van der Waals surface area contributed by atoms with Gasteiger partial charge in [-0.15, -0.1) is 5.10 Å². The molecular weight excluding hydrogens is 456 g/mol. The van der Waals surface area contributed by atoms with Gasteiger partial charge in [-0.2, -0.15) is 5.10 Å². The summed E-state index contributed by atoms with van der Waals surface area (Å²) in [4.78, 5) is 26.2. The number of hydrogen-bond donors (Lipinski definition) is 1. The third-order valence-corrected chi connectivity index (χ3v) is 5.51. The first-order chi connectivity index (χ1) is 14.0. The molecule has 0 unspecified atom stereocenters. The van der Waals surface area contributed by atoms with E-state index in [9.17, 15) is 9.59 Å². The fraction of sp³-hybridized carbons (Fsp3) is 0.200. The topological polar surface area (TPSA) is 97.3 Å². The largest absolute Gasteiger partial charge is 0.494 e. The van der Waals surface area contributed by atoms with E-state index in [4.69, 9.17) is 10.5 Å². The van der Waals surface area contributed by atoms with E-state index in [1.54, 1.807) is 30.5 Å². The molecular formula is C20H19BrN4O3S. The van der Waals surface area contributed by atoms with Crippen LogP contribution in [0.15, 0.2) is 63.2 Å². The molecule has 1 aliphatic heterocycles. The molecule has 0 aromatic heterocycles. The quantitative estimate of drug-likeness (QED) is 0.298. The molecule has 2 aromatic rings. The molecule has 1 atom stereocenters. The van der Waals surface area contributed by atoms with E-state index in [1.807, 2.05) is 31.2 Å². The van der Waals surface area contributed by atoms with E-state index in [0.717, 1.165) is 21.8 Å². The van der Waals surface area contributed by atoms with Gasteiger partial charge in [-0.1, -0.05) is 39.8 Å². The van der Waals surface area contributed by atoms with Crippen LogP contribution in [0.1, 0.15) is 18.9 Å². The van der Waals surface area contributed by atoms with Gasteiger partial charge in [0.1, 0.15) is 11.0 Å². The second-order valence-corrected chi connectivity index (χ2v) is 8.18. The summed E-state index contributed by atoms with van der Waals surface area (Å²) in [5, 5.41) is 7.35. The Bertz CT molecular complexity index is 945. The van der Waals surface area contributed by atoms with Crippen molar-refractivity contribution in [3.05, 3.63) is 58.6 Å². The number of thioether (sulfide) groups is 1. The van der Waals surface area contributed by atoms with Crippen LogP contribution in [0, 0.1) is 0 Å². The Morgan fingerprint density at radius 3 is 2.59 bits per heavy atom. The van der Waals surface area contributed by atoms with Crippen LogP contribution in [0.25, 0.3) is 0 Å². The van der Waals surface area contributed by atoms with E-state index >= 15 is 0 Å². The van der Waals surface area contributed by atoms with Gasteiger partial charge < -0.3 is 10.5 Å². The van der Waals surface area contributed by atoms with Crippen LogP contribution >= 0.6 is 27.7 Å². The van der Waals surface area contributed by atoms with Crippen LogP contribution in [0.4, 0.5) is 5.69 Å². The van der Waals surface area contributed by atoms with Crippen molar-refractivity contribution in [2.75, 3.05) is 11.5 Å². The van der Waals surface area contributed by atoms with Crippen LogP contribution < -0.4 is 15.4 Å². The van der Waals surface area contributed by atoms with Crippen molar-refractivity contribution < 1.29 is 14.3 Å². The van der Waals surface area contributed by atoms with Gasteiger partial charge in [0.05, 0.1) is 18.5 Å². The lowest BCUT2D eigenvalue weighted by Crippen LogP contribution is -2.31. The van der Waals surface area contributed by atoms with E-state index in [-0.39, 0.29) is 23.4 Å². The molecule has 3 rings (SSSR count). The zero-order chi connectivity index (χ0) is 20.8. The monoisotopic (exact) mass is 474 g/mol. The minimum absolute atomic E-state index is 0.0589. The number of carbonyl (C=O) groups excluding carboxylic acids is 2. The molecule has 0 spiro atoms. The first kappa shape index (κ1) is 21.1. The number of ether oxygens (including phenoxy) is 1. The molecule has 29 heavy (non-hydrogen) atoms. The third kappa shape index (κ3) is 5.45. The number of imide groups is 1. The number of halogens is 1. The number of anilines is 1. The highest BCUT2D eigenvalue weighted by Gasteiger charge is 2.40. The highest BCUT2D eigenvalue weighted by molar-refractivity contribution is 9.10. The highest BCUT2D eigenvalue weighted by Crippen LogP contribution is 2.30. The average Bonchev–Trinajstić information content (AvgIpc) is 2.97. The minimum atomic E-state index is -0.624. The van der Waals surface area contributed by atoms with Crippen molar-refractivity contribution in [1.29, 1.82) is 0 Å². The van der Waals surface area contributed by atoms with Gasteiger partial charge in [-0.25, -0.2) is 4.90 Å². The normalized spacial score (nSPS) is 17.4. The SMILES string of the molecule is CCOc1ccc(N2C(=O)C[C@@H](SC(N)=N/N=C\c3ccc(Br)cc3)C2=O)cc1. The van der Waals surface area contributed by atoms with Gasteiger partial charge in [0.2, 0.25) is 11.8 Å². The molecule has 0 radical (unpaired) electrons. The molecule has 1 aliphatic rings. The predicted octanol–water partition coefficient (Wildman–Crippen LogP) is 3.56. The van der Waals surface area contributed by atoms with E-state index < -0.39 is 5.25 Å². The van der Waals surface area contributed by atoms with E-state index in [1.165, 1.54) is 4.90 Å². The lowest BCUT2D eigenvalue weighted by Gasteiger charge is -2.15. The number of amidine groups is 1. The molecule has 150 valence electrons. The van der Waals surface area contributed by atoms with Gasteiger partial charge in [-0.3, -0.25) is 9.59 Å². The third-order valence-electron chi connectivity index (χ3n) is 4.01. The molecule has 2 amide bonds. The smallest absolute Gasteiger partial charge is 0.247 e. The zero-order valence-electron chi connectivity index (χ0n) is 15.6. The minimum Gasteiger partial charge on any atom is -0.494 e. The zero-order valence-corrected chi connectivity index (χ0v) is 18.0. The maximum absolute atomic E-state index is 12.7. The summed E-state index contributed by atoms with van der Waals surface area (Å²) in [5.41, 5.74) is 7.25. The number of hydrogen-bond acceptors (Lipinski definition) is 6. The number of benzene rings is 2. The number of rotatable bonds is 6. The van der Waals surface area contributed by atoms with Crippen LogP contribution in [0.5, 0.6) is 5.75 Å². The van der Waals surface area contributed by atoms with Gasteiger partial charge in [-0.05, 0) is 48.9 Å². The molecule has 7 nitrogen and oxygen atoms in total. The molecule has 1 heterocycles. The van der Waals surface area contributed by atoms with E-state index in [2.05, 4.69) is 26.1 Å². The van der Waals surface area contributed by atoms with Gasteiger partial charge in [0.15, 0.2) is 5.17 Å². The van der Waals surface area contributed by atoms with Crippen molar-refractivity contribution >= 4 is 56.6 Å². The summed E-state index contributed by atoms with van der Waals surface area (Å²) in [7, 11) is 0. The molecule has 2 N–H and O–H groups in total. The number of nitrogens with two attached hydrogens (primary N) is 1. The maximum atomic E-state index is 12.7. The summed E-state index contributed by atoms with van der Waals surface area (Å²) < 4.78 is 6.35. The molecule has 0 aliphatic carbocycles. The molecule has 1 fully saturated rings. The first-order valence-electron chi connectivity index (χ1n) is 8.86. The molecule has 1 saturated heterocycles. The molecule has 0 saturated carbocycles. The Morgan fingerprint density at radius 1 is 1.24 bits per heavy atom. The summed E-state index contributed by atoms with van der Waals surface area (Å²) in [6.45, 7) is 2.43. The van der Waals surface area contributed by atoms with Gasteiger partial charge in [0, 0.05) is 10.9 Å². The Balaban J connectivity index is 1.63. The Labute approximate surface area is 181 Å². The summed E-state index contributed by atoms with van der Waals surface area (Å²) >= 11 is 4.40. The van der Waals surface area contributed by atoms with Crippen LogP contribution in [0.2, 0.25) is 0 Å². The lowest BCUT2D eigenvalue weighted by molar-refractivity contribution is -0.121. The predicted molar refractivity (Wildman–Crippen MR) is 119 cm³/mol. The molecule has 0 bridgehead atoms. The fourth-order valence-electron chi connectivity index (χ4n) is 2.70. The van der Waals surface area contributed by atoms with Gasteiger partial charge in [0.25, 0.3) is 0 Å². The standard InChI is InChI=1S/C20H19BrN4O3S/c1-2-28-16-9-7-15(8-10-16)25-18(26)11-17(19(25)27)29-20(22)24-23-12-13-3-5-14(21)6-4-13/h3-10,12,17H,2,11H2,1H3,(H2,22,24)/b23-12-/t17-/m1/s1. The highest BCUT2D eigenvalue weighted by atomic mass is 79.9. The summed E-state index contributed by atoms with van der Waals surface area (Å²) in [6, 6.07) is 14.4. The lowest BCUT2D eigenvalue weighted by atomic mass is 10.2. The van der Waals surface area contributed by atoms with Crippen molar-refractivity contribution in [3.8, 4) is 5.75 Å². The maximum Gasteiger partial charge on any atom is 0.247 e. The van der Waals surface area contributed by atoms with Crippen LogP contribution in [0.3, 0.4) is 0 Å². The molecule has 9 heteroatoms. The second kappa shape index (κ2) is 9.71. The first-order valence-corrected chi connectivity index (χ1v) is 10.5. The summed E-state index contributed by atoms with van der Waals surface area (Å²) in [6.07, 6.45) is 1.62. The van der Waals surface area contributed by atoms with E-state index in [0.29, 0.717) is 18.0 Å². The van der Waals surface area contributed by atoms with Crippen molar-refractivity contribution in [1.82, 2.24) is 0 Å². The molecule has 2 aromatic carbocycles. The average molecular weight is 475 g/mol. The fourth-order valence-corrected chi connectivity index (χ4v) is 3.78. The summed E-state index contributed by atoms with van der Waals surface area (Å²) in [5.74, 6) is 0.0864. The van der Waals surface area contributed by atoms with Crippen LogP contribution in [-0.2, 0) is 9.59 Å².